The van der Waals surface area contributed by atoms with Crippen LogP contribution in [0.4, 0.5) is 24.9 Å². The molecule has 7 nitrogen and oxygen atoms in total. The van der Waals surface area contributed by atoms with Gasteiger partial charge in [-0.15, -0.1) is 11.3 Å². The molecule has 1 aliphatic heterocycles. The molecule has 11 heteroatoms. The smallest absolute Gasteiger partial charge is 0.395 e. The van der Waals surface area contributed by atoms with Crippen LogP contribution >= 0.6 is 11.3 Å². The predicted octanol–water partition coefficient (Wildman–Crippen LogP) is 3.17. The highest BCUT2D eigenvalue weighted by Gasteiger charge is 2.29. The monoisotopic (exact) mass is 438 g/mol. The van der Waals surface area contributed by atoms with Gasteiger partial charge in [0.1, 0.15) is 17.4 Å². The zero-order valence-electron chi connectivity index (χ0n) is 16.1. The van der Waals surface area contributed by atoms with Gasteiger partial charge in [0.05, 0.1) is 28.1 Å². The zero-order valence-corrected chi connectivity index (χ0v) is 16.9. The van der Waals surface area contributed by atoms with E-state index >= 15 is 0 Å². The van der Waals surface area contributed by atoms with Crippen LogP contribution in [0.2, 0.25) is 0 Å². The molecule has 3 heterocycles. The fraction of sp³-hybridized carbons (Fsp3) is 0.421. The summed E-state index contributed by atoms with van der Waals surface area (Å²) in [6, 6.07) is 7.64. The molecule has 30 heavy (non-hydrogen) atoms. The third-order valence-corrected chi connectivity index (χ3v) is 5.88. The molecule has 0 saturated carbocycles. The van der Waals surface area contributed by atoms with E-state index in [4.69, 9.17) is 0 Å². The van der Waals surface area contributed by atoms with Crippen molar-refractivity contribution in [2.24, 2.45) is 0 Å². The molecule has 3 aromatic rings. The maximum Gasteiger partial charge on any atom is 0.405 e. The summed E-state index contributed by atoms with van der Waals surface area (Å²) in [6.07, 6.45) is -3.70. The molecule has 160 valence electrons. The van der Waals surface area contributed by atoms with E-state index in [-0.39, 0.29) is 24.6 Å². The fourth-order valence-corrected chi connectivity index (χ4v) is 4.50. The number of rotatable bonds is 6. The summed E-state index contributed by atoms with van der Waals surface area (Å²) >= 11 is 1.48. The number of fused-ring (bicyclic) bond motifs is 1. The molecule has 0 spiro atoms. The van der Waals surface area contributed by atoms with Crippen LogP contribution in [0, 0.1) is 6.92 Å². The van der Waals surface area contributed by atoms with Crippen molar-refractivity contribution < 1.29 is 18.3 Å². The second kappa shape index (κ2) is 8.32. The second-order valence-electron chi connectivity index (χ2n) is 7.18. The molecule has 1 aromatic carbocycles. The quantitative estimate of drug-likeness (QED) is 0.470. The molecule has 0 amide bonds. The number of nitrogens with zero attached hydrogens (tertiary/aromatic N) is 3. The molecule has 1 fully saturated rings. The van der Waals surface area contributed by atoms with Gasteiger partial charge in [0, 0.05) is 18.6 Å². The Hall–Kier alpha value is -2.50. The predicted molar refractivity (Wildman–Crippen MR) is 111 cm³/mol. The summed E-state index contributed by atoms with van der Waals surface area (Å²) < 4.78 is 38.9. The van der Waals surface area contributed by atoms with Crippen LogP contribution in [-0.4, -0.2) is 58.0 Å². The van der Waals surface area contributed by atoms with Gasteiger partial charge in [0.15, 0.2) is 0 Å². The molecular weight excluding hydrogens is 417 g/mol. The van der Waals surface area contributed by atoms with Gasteiger partial charge in [0.25, 0.3) is 0 Å². The summed E-state index contributed by atoms with van der Waals surface area (Å²) in [5.74, 6) is 0.332. The molecule has 2 aromatic heterocycles. The van der Waals surface area contributed by atoms with Gasteiger partial charge < -0.3 is 21.1 Å². The van der Waals surface area contributed by atoms with Crippen LogP contribution in [-0.2, 0) is 0 Å². The Balaban J connectivity index is 1.71. The summed E-state index contributed by atoms with van der Waals surface area (Å²) in [4.78, 5) is 13.2. The highest BCUT2D eigenvalue weighted by molar-refractivity contribution is 7.21. The first-order valence-electron chi connectivity index (χ1n) is 9.48. The minimum absolute atomic E-state index is 0.0180. The Morgan fingerprint density at radius 3 is 2.73 bits per heavy atom. The summed E-state index contributed by atoms with van der Waals surface area (Å²) in [5.41, 5.74) is 2.03. The Labute approximate surface area is 174 Å². The third-order valence-electron chi connectivity index (χ3n) is 4.83. The average molecular weight is 438 g/mol. The lowest BCUT2D eigenvalue weighted by molar-refractivity contribution is -0.115. The maximum absolute atomic E-state index is 12.6. The minimum Gasteiger partial charge on any atom is -0.395 e. The van der Waals surface area contributed by atoms with Crippen LogP contribution in [0.1, 0.15) is 12.1 Å². The third kappa shape index (κ3) is 4.63. The number of aryl methyl sites for hydroxylation is 1. The van der Waals surface area contributed by atoms with E-state index in [0.29, 0.717) is 35.0 Å². The SMILES string of the molecule is Cc1nc(NCC(F)(F)F)nc(N[C@H]2CNC(CO)C2)c1-c1nc2ccccc2s1. The van der Waals surface area contributed by atoms with Crippen molar-refractivity contribution >= 4 is 33.3 Å². The number of aromatic nitrogens is 3. The number of nitrogens with one attached hydrogen (secondary N) is 3. The largest absolute Gasteiger partial charge is 0.405 e. The highest BCUT2D eigenvalue weighted by Crippen LogP contribution is 2.36. The molecular formula is C19H21F3N6OS. The average Bonchev–Trinajstić information content (AvgIpc) is 3.32. The second-order valence-corrected chi connectivity index (χ2v) is 8.21. The molecule has 0 aliphatic carbocycles. The number of aliphatic hydroxyl groups excluding tert-OH is 1. The molecule has 4 N–H and O–H groups in total. The maximum atomic E-state index is 12.6. The molecule has 0 bridgehead atoms. The number of halogens is 3. The Morgan fingerprint density at radius 2 is 2.03 bits per heavy atom. The van der Waals surface area contributed by atoms with Crippen LogP contribution < -0.4 is 16.0 Å². The number of alkyl halides is 3. The van der Waals surface area contributed by atoms with Crippen molar-refractivity contribution in [2.45, 2.75) is 31.6 Å². The van der Waals surface area contributed by atoms with Crippen molar-refractivity contribution in [1.29, 1.82) is 0 Å². The summed E-state index contributed by atoms with van der Waals surface area (Å²) in [5, 5.41) is 18.8. The van der Waals surface area contributed by atoms with E-state index in [1.165, 1.54) is 11.3 Å². The summed E-state index contributed by atoms with van der Waals surface area (Å²) in [7, 11) is 0. The first kappa shape index (κ1) is 20.8. The molecule has 0 radical (unpaired) electrons. The fourth-order valence-electron chi connectivity index (χ4n) is 3.43. The number of thiazole rings is 1. The number of hydrogen-bond acceptors (Lipinski definition) is 8. The number of aliphatic hydroxyl groups is 1. The van der Waals surface area contributed by atoms with E-state index in [9.17, 15) is 18.3 Å². The number of para-hydroxylation sites is 1. The molecule has 1 aliphatic rings. The first-order valence-corrected chi connectivity index (χ1v) is 10.3. The van der Waals surface area contributed by atoms with Crippen molar-refractivity contribution in [3.05, 3.63) is 30.0 Å². The van der Waals surface area contributed by atoms with E-state index in [2.05, 4.69) is 30.9 Å². The topological polar surface area (TPSA) is 95.0 Å². The van der Waals surface area contributed by atoms with Crippen LogP contribution in [0.5, 0.6) is 0 Å². The van der Waals surface area contributed by atoms with Gasteiger partial charge in [-0.05, 0) is 25.5 Å². The normalized spacial score (nSPS) is 19.4. The van der Waals surface area contributed by atoms with Crippen LogP contribution in [0.25, 0.3) is 20.8 Å². The van der Waals surface area contributed by atoms with Gasteiger partial charge in [-0.1, -0.05) is 12.1 Å². The van der Waals surface area contributed by atoms with Gasteiger partial charge >= 0.3 is 6.18 Å². The van der Waals surface area contributed by atoms with Crippen molar-refractivity contribution in [1.82, 2.24) is 20.3 Å². The highest BCUT2D eigenvalue weighted by atomic mass is 32.1. The zero-order chi connectivity index (χ0) is 21.3. The van der Waals surface area contributed by atoms with Crippen molar-refractivity contribution in [3.63, 3.8) is 0 Å². The van der Waals surface area contributed by atoms with E-state index < -0.39 is 12.7 Å². The Kier molecular flexibility index (Phi) is 5.76. The first-order chi connectivity index (χ1) is 14.3. The van der Waals surface area contributed by atoms with Gasteiger partial charge in [-0.2, -0.15) is 18.2 Å². The molecule has 1 saturated heterocycles. The van der Waals surface area contributed by atoms with Gasteiger partial charge in [-0.3, -0.25) is 0 Å². The molecule has 1 unspecified atom stereocenters. The summed E-state index contributed by atoms with van der Waals surface area (Å²) in [6.45, 7) is 1.14. The minimum atomic E-state index is -4.37. The lowest BCUT2D eigenvalue weighted by Gasteiger charge is -2.18. The van der Waals surface area contributed by atoms with Crippen molar-refractivity contribution in [2.75, 3.05) is 30.3 Å². The number of hydrogen-bond donors (Lipinski definition) is 4. The Bertz CT molecular complexity index is 1010. The van der Waals surface area contributed by atoms with E-state index in [1.807, 2.05) is 24.3 Å². The lowest BCUT2D eigenvalue weighted by atomic mass is 10.1. The van der Waals surface area contributed by atoms with Crippen molar-refractivity contribution in [3.8, 4) is 10.6 Å². The lowest BCUT2D eigenvalue weighted by Crippen LogP contribution is -2.26. The number of anilines is 2. The number of benzene rings is 1. The molecule has 2 atom stereocenters. The molecule has 4 rings (SSSR count). The van der Waals surface area contributed by atoms with Crippen LogP contribution in [0.3, 0.4) is 0 Å². The van der Waals surface area contributed by atoms with Gasteiger partial charge in [0.2, 0.25) is 5.95 Å². The van der Waals surface area contributed by atoms with E-state index in [0.717, 1.165) is 10.2 Å². The Morgan fingerprint density at radius 1 is 1.23 bits per heavy atom. The van der Waals surface area contributed by atoms with Crippen LogP contribution in [0.15, 0.2) is 24.3 Å². The standard InChI is InChI=1S/C19H21F3N6OS/c1-10-15(17-27-13-4-2-3-5-14(13)30-17)16(26-11-6-12(8-29)23-7-11)28-18(25-10)24-9-19(20,21)22/h2-5,11-12,23,29H,6-9H2,1H3,(H2,24,25,26,28)/t11-,12?/m1/s1. The van der Waals surface area contributed by atoms with E-state index in [1.54, 1.807) is 6.92 Å². The van der Waals surface area contributed by atoms with Gasteiger partial charge in [-0.25, -0.2) is 9.97 Å².